The molecule has 20 heavy (non-hydrogen) atoms. The summed E-state index contributed by atoms with van der Waals surface area (Å²) in [5.41, 5.74) is 9.50. The van der Waals surface area contributed by atoms with Crippen LogP contribution in [-0.4, -0.2) is 23.5 Å². The minimum Gasteiger partial charge on any atom is -0.323 e. The average Bonchev–Trinajstić information content (AvgIpc) is 2.49. The second-order valence-electron chi connectivity index (χ2n) is 6.51. The molecule has 1 fully saturated rings. The highest BCUT2D eigenvalue weighted by Crippen LogP contribution is 2.35. The molecule has 3 rings (SSSR count). The Morgan fingerprint density at radius 1 is 1.20 bits per heavy atom. The summed E-state index contributed by atoms with van der Waals surface area (Å²) in [4.78, 5) is 2.76. The van der Waals surface area contributed by atoms with E-state index < -0.39 is 0 Å². The summed E-state index contributed by atoms with van der Waals surface area (Å²) in [5, 5.41) is 0. The van der Waals surface area contributed by atoms with E-state index in [1.165, 1.54) is 62.6 Å². The van der Waals surface area contributed by atoms with Gasteiger partial charge in [0.1, 0.15) is 0 Å². The topological polar surface area (TPSA) is 29.3 Å². The fourth-order valence-electron chi connectivity index (χ4n) is 4.25. The van der Waals surface area contributed by atoms with Crippen molar-refractivity contribution in [3.05, 3.63) is 35.4 Å². The van der Waals surface area contributed by atoms with Crippen molar-refractivity contribution in [2.75, 3.05) is 6.54 Å². The quantitative estimate of drug-likeness (QED) is 0.910. The Labute approximate surface area is 123 Å². The third-order valence-corrected chi connectivity index (χ3v) is 5.26. The van der Waals surface area contributed by atoms with E-state index in [4.69, 9.17) is 5.73 Å². The van der Waals surface area contributed by atoms with Crippen LogP contribution in [0.5, 0.6) is 0 Å². The molecule has 1 aliphatic carbocycles. The van der Waals surface area contributed by atoms with Crippen LogP contribution in [0.15, 0.2) is 24.3 Å². The van der Waals surface area contributed by atoms with Gasteiger partial charge in [-0.05, 0) is 49.8 Å². The van der Waals surface area contributed by atoms with Crippen molar-refractivity contribution >= 4 is 0 Å². The lowest BCUT2D eigenvalue weighted by Gasteiger charge is -2.45. The van der Waals surface area contributed by atoms with Crippen LogP contribution in [0.3, 0.4) is 0 Å². The van der Waals surface area contributed by atoms with Gasteiger partial charge in [0, 0.05) is 18.1 Å². The van der Waals surface area contributed by atoms with Crippen LogP contribution in [-0.2, 0) is 6.42 Å². The molecule has 0 aromatic heterocycles. The summed E-state index contributed by atoms with van der Waals surface area (Å²) < 4.78 is 0. The summed E-state index contributed by atoms with van der Waals surface area (Å²) in [7, 11) is 0. The molecule has 1 aromatic rings. The zero-order valence-electron chi connectivity index (χ0n) is 12.7. The third kappa shape index (κ3) is 2.64. The molecule has 1 aliphatic heterocycles. The summed E-state index contributed by atoms with van der Waals surface area (Å²) in [6, 6.07) is 10.3. The van der Waals surface area contributed by atoms with Crippen molar-refractivity contribution in [2.45, 2.75) is 70.0 Å². The van der Waals surface area contributed by atoms with Gasteiger partial charge >= 0.3 is 0 Å². The van der Waals surface area contributed by atoms with Gasteiger partial charge in [0.05, 0.1) is 0 Å². The largest absolute Gasteiger partial charge is 0.323 e. The molecule has 2 heteroatoms. The molecule has 1 aromatic carbocycles. The Morgan fingerprint density at radius 3 is 2.90 bits per heavy atom. The lowest BCUT2D eigenvalue weighted by Crippen LogP contribution is -2.52. The van der Waals surface area contributed by atoms with Gasteiger partial charge in [0.2, 0.25) is 0 Å². The molecule has 0 bridgehead atoms. The van der Waals surface area contributed by atoms with E-state index in [0.717, 1.165) is 6.04 Å². The Bertz CT molecular complexity index is 441. The van der Waals surface area contributed by atoms with Crippen molar-refractivity contribution in [2.24, 2.45) is 5.73 Å². The van der Waals surface area contributed by atoms with Crippen molar-refractivity contribution in [1.82, 2.24) is 4.90 Å². The first-order chi connectivity index (χ1) is 9.81. The maximum Gasteiger partial charge on any atom is 0.0456 e. The number of rotatable bonds is 3. The van der Waals surface area contributed by atoms with E-state index in [0.29, 0.717) is 6.04 Å². The maximum absolute atomic E-state index is 6.64. The number of nitrogens with two attached hydrogens (primary N) is 1. The van der Waals surface area contributed by atoms with E-state index in [-0.39, 0.29) is 6.04 Å². The number of benzene rings is 1. The lowest BCUT2D eigenvalue weighted by molar-refractivity contribution is 0.0654. The van der Waals surface area contributed by atoms with Crippen LogP contribution in [0.4, 0.5) is 0 Å². The molecule has 3 unspecified atom stereocenters. The van der Waals surface area contributed by atoms with Gasteiger partial charge in [0.25, 0.3) is 0 Å². The number of likely N-dealkylation sites (tertiary alicyclic amines) is 1. The second kappa shape index (κ2) is 6.28. The molecule has 1 saturated heterocycles. The SMILES string of the molecule is CCCC1CCCCN1C1CCc2ccccc2C1N. The van der Waals surface area contributed by atoms with Crippen LogP contribution in [0.1, 0.15) is 62.6 Å². The highest BCUT2D eigenvalue weighted by atomic mass is 15.2. The monoisotopic (exact) mass is 272 g/mol. The van der Waals surface area contributed by atoms with Crippen molar-refractivity contribution in [3.8, 4) is 0 Å². The number of aryl methyl sites for hydroxylation is 1. The van der Waals surface area contributed by atoms with Crippen molar-refractivity contribution in [3.63, 3.8) is 0 Å². The smallest absolute Gasteiger partial charge is 0.0456 e. The Balaban J connectivity index is 1.80. The number of fused-ring (bicyclic) bond motifs is 1. The highest BCUT2D eigenvalue weighted by Gasteiger charge is 2.35. The number of piperidine rings is 1. The van der Waals surface area contributed by atoms with Gasteiger partial charge in [-0.2, -0.15) is 0 Å². The van der Waals surface area contributed by atoms with Crippen molar-refractivity contribution < 1.29 is 0 Å². The molecule has 1 heterocycles. The molecule has 110 valence electrons. The molecule has 0 spiro atoms. The fourth-order valence-corrected chi connectivity index (χ4v) is 4.25. The molecule has 2 aliphatic rings. The van der Waals surface area contributed by atoms with E-state index in [9.17, 15) is 0 Å². The van der Waals surface area contributed by atoms with Crippen molar-refractivity contribution in [1.29, 1.82) is 0 Å². The Morgan fingerprint density at radius 2 is 2.05 bits per heavy atom. The van der Waals surface area contributed by atoms with E-state index >= 15 is 0 Å². The van der Waals surface area contributed by atoms with Gasteiger partial charge in [-0.1, -0.05) is 44.0 Å². The van der Waals surface area contributed by atoms with Crippen LogP contribution >= 0.6 is 0 Å². The lowest BCUT2D eigenvalue weighted by atomic mass is 9.82. The summed E-state index contributed by atoms with van der Waals surface area (Å²) in [6.07, 6.45) is 9.19. The number of nitrogens with zero attached hydrogens (tertiary/aromatic N) is 1. The second-order valence-corrected chi connectivity index (χ2v) is 6.51. The molecule has 0 saturated carbocycles. The Hall–Kier alpha value is -0.860. The van der Waals surface area contributed by atoms with Crippen LogP contribution in [0.25, 0.3) is 0 Å². The first-order valence-corrected chi connectivity index (χ1v) is 8.40. The first kappa shape index (κ1) is 14.1. The van der Waals surface area contributed by atoms with Gasteiger partial charge < -0.3 is 5.73 Å². The molecular formula is C18H28N2. The summed E-state index contributed by atoms with van der Waals surface area (Å²) in [6.45, 7) is 3.56. The van der Waals surface area contributed by atoms with Gasteiger partial charge in [0.15, 0.2) is 0 Å². The number of hydrogen-bond acceptors (Lipinski definition) is 2. The summed E-state index contributed by atoms with van der Waals surface area (Å²) in [5.74, 6) is 0. The number of hydrogen-bond donors (Lipinski definition) is 1. The average molecular weight is 272 g/mol. The zero-order chi connectivity index (χ0) is 13.9. The zero-order valence-corrected chi connectivity index (χ0v) is 12.7. The third-order valence-electron chi connectivity index (χ3n) is 5.26. The highest BCUT2D eigenvalue weighted by molar-refractivity contribution is 5.33. The summed E-state index contributed by atoms with van der Waals surface area (Å²) >= 11 is 0. The fraction of sp³-hybridized carbons (Fsp3) is 0.667. The molecule has 0 radical (unpaired) electrons. The van der Waals surface area contributed by atoms with Gasteiger partial charge in [-0.25, -0.2) is 0 Å². The van der Waals surface area contributed by atoms with Gasteiger partial charge in [-0.15, -0.1) is 0 Å². The van der Waals surface area contributed by atoms with Crippen LogP contribution in [0.2, 0.25) is 0 Å². The molecule has 2 N–H and O–H groups in total. The standard InChI is InChI=1S/C18H28N2/c1-2-7-15-9-5-6-13-20(15)17-12-11-14-8-3-4-10-16(14)18(17)19/h3-4,8,10,15,17-18H,2,5-7,9,11-13,19H2,1H3. The van der Waals surface area contributed by atoms with Crippen LogP contribution < -0.4 is 5.73 Å². The van der Waals surface area contributed by atoms with Crippen LogP contribution in [0, 0.1) is 0 Å². The Kier molecular flexibility index (Phi) is 4.42. The predicted octanol–water partition coefficient (Wildman–Crippen LogP) is 3.66. The van der Waals surface area contributed by atoms with Gasteiger partial charge in [-0.3, -0.25) is 4.90 Å². The normalized spacial score (nSPS) is 31.0. The first-order valence-electron chi connectivity index (χ1n) is 8.40. The molecule has 0 amide bonds. The maximum atomic E-state index is 6.64. The van der Waals surface area contributed by atoms with E-state index in [1.54, 1.807) is 0 Å². The minimum absolute atomic E-state index is 0.206. The minimum atomic E-state index is 0.206. The molecule has 3 atom stereocenters. The van der Waals surface area contributed by atoms with E-state index in [1.807, 2.05) is 0 Å². The predicted molar refractivity (Wildman–Crippen MR) is 84.7 cm³/mol. The molecule has 2 nitrogen and oxygen atoms in total. The van der Waals surface area contributed by atoms with E-state index in [2.05, 4.69) is 36.1 Å². The molecular weight excluding hydrogens is 244 g/mol.